The van der Waals surface area contributed by atoms with Crippen LogP contribution in [-0.4, -0.2) is 18.6 Å². The SMILES string of the molecule is O=C1CCc2cc(CNSc3ccccc3)ccc2N1CC(F)(F)F. The van der Waals surface area contributed by atoms with Crippen molar-refractivity contribution in [1.29, 1.82) is 0 Å². The number of carbonyl (C=O) groups is 1. The molecule has 1 amide bonds. The fourth-order valence-corrected chi connectivity index (χ4v) is 3.47. The van der Waals surface area contributed by atoms with Crippen molar-refractivity contribution in [2.75, 3.05) is 11.4 Å². The molecule has 0 radical (unpaired) electrons. The smallest absolute Gasteiger partial charge is 0.303 e. The van der Waals surface area contributed by atoms with Crippen molar-refractivity contribution >= 4 is 23.5 Å². The summed E-state index contributed by atoms with van der Waals surface area (Å²) in [6.07, 6.45) is -3.82. The van der Waals surface area contributed by atoms with Crippen molar-refractivity contribution < 1.29 is 18.0 Å². The second kappa shape index (κ2) is 7.49. The Balaban J connectivity index is 1.68. The standard InChI is InChI=1S/C18H17F3N2OS/c19-18(20,21)12-23-16-8-6-13(10-14(16)7-9-17(23)24)11-22-25-15-4-2-1-3-5-15/h1-6,8,10,22H,7,9,11-12H2. The molecule has 0 spiro atoms. The number of alkyl halides is 3. The van der Waals surface area contributed by atoms with E-state index in [1.165, 1.54) is 11.9 Å². The van der Waals surface area contributed by atoms with Gasteiger partial charge in [-0.3, -0.25) is 9.52 Å². The molecule has 0 saturated carbocycles. The van der Waals surface area contributed by atoms with Crippen LogP contribution < -0.4 is 9.62 Å². The summed E-state index contributed by atoms with van der Waals surface area (Å²) in [5.41, 5.74) is 2.13. The van der Waals surface area contributed by atoms with E-state index in [1.54, 1.807) is 12.1 Å². The molecule has 2 aromatic rings. The van der Waals surface area contributed by atoms with E-state index in [2.05, 4.69) is 4.72 Å². The van der Waals surface area contributed by atoms with Crippen LogP contribution in [0, 0.1) is 0 Å². The zero-order chi connectivity index (χ0) is 17.9. The number of halogens is 3. The van der Waals surface area contributed by atoms with E-state index in [4.69, 9.17) is 0 Å². The predicted molar refractivity (Wildman–Crippen MR) is 92.3 cm³/mol. The van der Waals surface area contributed by atoms with Gasteiger partial charge in [0.2, 0.25) is 5.91 Å². The van der Waals surface area contributed by atoms with Crippen molar-refractivity contribution in [3.05, 3.63) is 59.7 Å². The van der Waals surface area contributed by atoms with E-state index in [0.717, 1.165) is 20.9 Å². The largest absolute Gasteiger partial charge is 0.406 e. The topological polar surface area (TPSA) is 32.3 Å². The summed E-state index contributed by atoms with van der Waals surface area (Å²) in [6.45, 7) is -0.652. The van der Waals surface area contributed by atoms with Crippen LogP contribution in [0.1, 0.15) is 17.5 Å². The van der Waals surface area contributed by atoms with E-state index >= 15 is 0 Å². The van der Waals surface area contributed by atoms with Crippen molar-refractivity contribution in [1.82, 2.24) is 4.72 Å². The van der Waals surface area contributed by atoms with Gasteiger partial charge in [0.15, 0.2) is 0 Å². The highest BCUT2D eigenvalue weighted by molar-refractivity contribution is 7.97. The highest BCUT2D eigenvalue weighted by Crippen LogP contribution is 2.31. The molecule has 0 aromatic heterocycles. The summed E-state index contributed by atoms with van der Waals surface area (Å²) in [4.78, 5) is 13.8. The van der Waals surface area contributed by atoms with E-state index in [-0.39, 0.29) is 6.42 Å². The van der Waals surface area contributed by atoms with Crippen LogP contribution >= 0.6 is 11.9 Å². The first kappa shape index (κ1) is 17.8. The Labute approximate surface area is 148 Å². The summed E-state index contributed by atoms with van der Waals surface area (Å²) in [5.74, 6) is -0.477. The summed E-state index contributed by atoms with van der Waals surface area (Å²) in [7, 11) is 0. The quantitative estimate of drug-likeness (QED) is 0.800. The zero-order valence-electron chi connectivity index (χ0n) is 13.3. The van der Waals surface area contributed by atoms with Crippen LogP contribution in [0.25, 0.3) is 0 Å². The fourth-order valence-electron chi connectivity index (χ4n) is 2.77. The fraction of sp³-hybridized carbons (Fsp3) is 0.278. The lowest BCUT2D eigenvalue weighted by molar-refractivity contribution is -0.132. The third kappa shape index (κ3) is 4.76. The second-order valence-corrected chi connectivity index (χ2v) is 6.76. The van der Waals surface area contributed by atoms with E-state index in [0.29, 0.717) is 18.7 Å². The van der Waals surface area contributed by atoms with Gasteiger partial charge in [-0.2, -0.15) is 13.2 Å². The molecule has 1 aliphatic heterocycles. The number of fused-ring (bicyclic) bond motifs is 1. The molecule has 1 aliphatic rings. The number of anilines is 1. The lowest BCUT2D eigenvalue weighted by Gasteiger charge is -2.30. The summed E-state index contributed by atoms with van der Waals surface area (Å²) >= 11 is 1.50. The molecule has 1 N–H and O–H groups in total. The summed E-state index contributed by atoms with van der Waals surface area (Å²) in [5, 5.41) is 0. The van der Waals surface area contributed by atoms with Crippen molar-refractivity contribution in [3.63, 3.8) is 0 Å². The molecule has 25 heavy (non-hydrogen) atoms. The molecule has 3 nitrogen and oxygen atoms in total. The molecule has 0 atom stereocenters. The molecular weight excluding hydrogens is 349 g/mol. The second-order valence-electron chi connectivity index (χ2n) is 5.79. The van der Waals surface area contributed by atoms with Gasteiger partial charge >= 0.3 is 6.18 Å². The van der Waals surface area contributed by atoms with Crippen molar-refractivity contribution in [2.45, 2.75) is 30.5 Å². The number of rotatable bonds is 5. The molecule has 0 fully saturated rings. The minimum Gasteiger partial charge on any atom is -0.303 e. The van der Waals surface area contributed by atoms with Crippen LogP contribution in [-0.2, 0) is 17.8 Å². The molecule has 0 saturated heterocycles. The average Bonchev–Trinajstić information content (AvgIpc) is 2.57. The first-order chi connectivity index (χ1) is 11.9. The molecule has 3 rings (SSSR count). The summed E-state index contributed by atoms with van der Waals surface area (Å²) < 4.78 is 41.4. The number of amides is 1. The van der Waals surface area contributed by atoms with Gasteiger partial charge in [0.25, 0.3) is 0 Å². The lowest BCUT2D eigenvalue weighted by Crippen LogP contribution is -2.41. The minimum atomic E-state index is -4.41. The Kier molecular flexibility index (Phi) is 5.34. The van der Waals surface area contributed by atoms with Gasteiger partial charge in [-0.25, -0.2) is 0 Å². The Morgan fingerprint density at radius 3 is 2.56 bits per heavy atom. The third-order valence-electron chi connectivity index (χ3n) is 3.89. The number of nitrogens with zero attached hydrogens (tertiary/aromatic N) is 1. The maximum absolute atomic E-state index is 12.7. The third-order valence-corrected chi connectivity index (χ3v) is 4.69. The van der Waals surface area contributed by atoms with Crippen LogP contribution in [0.3, 0.4) is 0 Å². The van der Waals surface area contributed by atoms with Gasteiger partial charge in [-0.05, 0) is 47.7 Å². The highest BCUT2D eigenvalue weighted by Gasteiger charge is 2.36. The minimum absolute atomic E-state index is 0.110. The molecule has 7 heteroatoms. The van der Waals surface area contributed by atoms with E-state index in [9.17, 15) is 18.0 Å². The predicted octanol–water partition coefficient (Wildman–Crippen LogP) is 4.33. The van der Waals surface area contributed by atoms with Gasteiger partial charge in [0.05, 0.1) is 0 Å². The maximum Gasteiger partial charge on any atom is 0.406 e. The number of carbonyl (C=O) groups excluding carboxylic acids is 1. The van der Waals surface area contributed by atoms with Crippen molar-refractivity contribution in [2.24, 2.45) is 0 Å². The van der Waals surface area contributed by atoms with Gasteiger partial charge in [0.1, 0.15) is 6.54 Å². The highest BCUT2D eigenvalue weighted by atomic mass is 32.2. The first-order valence-electron chi connectivity index (χ1n) is 7.86. The average molecular weight is 366 g/mol. The van der Waals surface area contributed by atoms with Gasteiger partial charge in [-0.1, -0.05) is 30.3 Å². The monoisotopic (exact) mass is 366 g/mol. The molecule has 2 aromatic carbocycles. The summed E-state index contributed by atoms with van der Waals surface area (Å²) in [6, 6.07) is 15.1. The number of aryl methyl sites for hydroxylation is 1. The Bertz CT molecular complexity index is 750. The number of hydrogen-bond donors (Lipinski definition) is 1. The first-order valence-corrected chi connectivity index (χ1v) is 8.68. The molecule has 1 heterocycles. The van der Waals surface area contributed by atoms with Gasteiger partial charge in [-0.15, -0.1) is 0 Å². The van der Waals surface area contributed by atoms with Crippen LogP contribution in [0.5, 0.6) is 0 Å². The normalized spacial score (nSPS) is 14.5. The molecule has 0 unspecified atom stereocenters. The van der Waals surface area contributed by atoms with Gasteiger partial charge < -0.3 is 4.90 Å². The molecular formula is C18H17F3N2OS. The number of hydrogen-bond acceptors (Lipinski definition) is 3. The zero-order valence-corrected chi connectivity index (χ0v) is 14.2. The molecule has 0 aliphatic carbocycles. The Morgan fingerprint density at radius 2 is 1.84 bits per heavy atom. The van der Waals surface area contributed by atoms with Crippen LogP contribution in [0.15, 0.2) is 53.4 Å². The Hall–Kier alpha value is -1.99. The van der Waals surface area contributed by atoms with Crippen molar-refractivity contribution in [3.8, 4) is 0 Å². The number of benzene rings is 2. The van der Waals surface area contributed by atoms with Crippen LogP contribution in [0.2, 0.25) is 0 Å². The molecule has 0 bridgehead atoms. The number of nitrogens with one attached hydrogen (secondary N) is 1. The van der Waals surface area contributed by atoms with E-state index < -0.39 is 18.6 Å². The van der Waals surface area contributed by atoms with Crippen LogP contribution in [0.4, 0.5) is 18.9 Å². The Morgan fingerprint density at radius 1 is 1.08 bits per heavy atom. The van der Waals surface area contributed by atoms with Gasteiger partial charge in [0, 0.05) is 23.5 Å². The molecule has 132 valence electrons. The lowest BCUT2D eigenvalue weighted by atomic mass is 9.98. The van der Waals surface area contributed by atoms with E-state index in [1.807, 2.05) is 36.4 Å². The maximum atomic E-state index is 12.7.